The Balaban J connectivity index is 1.42. The number of aliphatic imine (C=N–C) groups is 1. The van der Waals surface area contributed by atoms with Crippen molar-refractivity contribution in [2.45, 2.75) is 24.9 Å². The van der Waals surface area contributed by atoms with Crippen LogP contribution in [0.4, 0.5) is 20.4 Å². The average molecular weight is 581 g/mol. The monoisotopic (exact) mass is 580 g/mol. The largest absolute Gasteiger partial charge is 0.494 e. The Bertz CT molecular complexity index is 1660. The Morgan fingerprint density at radius 3 is 2.83 bits per heavy atom. The highest BCUT2D eigenvalue weighted by molar-refractivity contribution is 6.29. The molecule has 5 heterocycles. The van der Waals surface area contributed by atoms with E-state index in [1.165, 1.54) is 13.3 Å². The summed E-state index contributed by atoms with van der Waals surface area (Å²) in [6, 6.07) is 7.43. The molecule has 0 radical (unpaired) electrons. The number of nitrogens with two attached hydrogens (primary N) is 2. The SMILES string of the molecule is COc1cc(F)c(-c2cnc(N3CCC[C@](N)(c4cccc(Cl)n4)C3)c(Cn3cnc4c3NCN=C4N)n2)cc1F. The fourth-order valence-electron chi connectivity index (χ4n) is 5.27. The van der Waals surface area contributed by atoms with E-state index in [-0.39, 0.29) is 23.6 Å². The lowest BCUT2D eigenvalue weighted by molar-refractivity contribution is 0.343. The van der Waals surface area contributed by atoms with Gasteiger partial charge in [-0.1, -0.05) is 17.7 Å². The maximum Gasteiger partial charge on any atom is 0.165 e. The molecule has 0 amide bonds. The molecule has 0 saturated carbocycles. The summed E-state index contributed by atoms with van der Waals surface area (Å²) in [5.41, 5.74) is 14.0. The van der Waals surface area contributed by atoms with Crippen LogP contribution in [0.15, 0.2) is 47.8 Å². The number of hydrogen-bond acceptors (Lipinski definition) is 10. The molecule has 2 aliphatic heterocycles. The molecule has 0 unspecified atom stereocenters. The lowest BCUT2D eigenvalue weighted by Gasteiger charge is -2.41. The Kier molecular flexibility index (Phi) is 6.91. The molecule has 14 heteroatoms. The first-order valence-electron chi connectivity index (χ1n) is 12.9. The van der Waals surface area contributed by atoms with Crippen LogP contribution in [0, 0.1) is 11.6 Å². The topological polar surface area (TPSA) is 145 Å². The van der Waals surface area contributed by atoms with Gasteiger partial charge in [-0.2, -0.15) is 0 Å². The number of halogens is 3. The van der Waals surface area contributed by atoms with E-state index in [1.807, 2.05) is 21.6 Å². The number of amidine groups is 1. The van der Waals surface area contributed by atoms with Crippen molar-refractivity contribution >= 4 is 29.1 Å². The summed E-state index contributed by atoms with van der Waals surface area (Å²) in [5, 5.41) is 3.55. The standard InChI is InChI=1S/C27H27ClF2N10O/c1-41-20-9-16(29)15(8-17(20)30)18-10-33-25(19(37-18)11-40-14-36-23-24(31)34-13-35-26(23)40)39-7-3-6-27(32,12-39)21-4-2-5-22(28)38-21/h2,4-5,8-10,14,35H,3,6-7,11-13,32H2,1H3,(H2,31,34)/t27-/m1/s1. The number of pyridine rings is 1. The summed E-state index contributed by atoms with van der Waals surface area (Å²) in [5.74, 6) is -0.0448. The number of hydrogen-bond donors (Lipinski definition) is 3. The third-order valence-electron chi connectivity index (χ3n) is 7.29. The van der Waals surface area contributed by atoms with Gasteiger partial charge in [0.1, 0.15) is 40.7 Å². The normalized spacial score (nSPS) is 18.5. The molecule has 11 nitrogen and oxygen atoms in total. The van der Waals surface area contributed by atoms with Crippen LogP contribution in [0.2, 0.25) is 5.15 Å². The zero-order chi connectivity index (χ0) is 28.7. The number of ether oxygens (including phenoxy) is 1. The first kappa shape index (κ1) is 26.8. The molecule has 5 N–H and O–H groups in total. The van der Waals surface area contributed by atoms with Crippen molar-refractivity contribution in [1.29, 1.82) is 0 Å². The van der Waals surface area contributed by atoms with Crippen LogP contribution in [-0.4, -0.2) is 57.2 Å². The zero-order valence-electron chi connectivity index (χ0n) is 22.1. The molecule has 0 aliphatic carbocycles. The molecular weight excluding hydrogens is 554 g/mol. The maximum atomic E-state index is 15.0. The summed E-state index contributed by atoms with van der Waals surface area (Å²) in [4.78, 5) is 24.6. The molecule has 6 rings (SSSR count). The van der Waals surface area contributed by atoms with Crippen molar-refractivity contribution in [3.05, 3.63) is 76.7 Å². The van der Waals surface area contributed by atoms with Crippen molar-refractivity contribution in [1.82, 2.24) is 24.5 Å². The summed E-state index contributed by atoms with van der Waals surface area (Å²) in [6.07, 6.45) is 4.52. The van der Waals surface area contributed by atoms with E-state index in [0.29, 0.717) is 65.9 Å². The third kappa shape index (κ3) is 5.02. The minimum absolute atomic E-state index is 0.0410. The van der Waals surface area contributed by atoms with Gasteiger partial charge in [-0.3, -0.25) is 0 Å². The number of benzene rings is 1. The highest BCUT2D eigenvalue weighted by Crippen LogP contribution is 2.34. The van der Waals surface area contributed by atoms with E-state index in [0.717, 1.165) is 18.6 Å². The van der Waals surface area contributed by atoms with Crippen LogP contribution < -0.4 is 26.4 Å². The number of aromatic nitrogens is 5. The highest BCUT2D eigenvalue weighted by Gasteiger charge is 2.36. The van der Waals surface area contributed by atoms with Crippen LogP contribution in [0.3, 0.4) is 0 Å². The van der Waals surface area contributed by atoms with Crippen molar-refractivity contribution in [2.75, 3.05) is 37.1 Å². The minimum atomic E-state index is -0.785. The third-order valence-corrected chi connectivity index (χ3v) is 7.50. The molecule has 1 aromatic carbocycles. The molecule has 3 aromatic heterocycles. The Hall–Kier alpha value is -4.36. The molecule has 0 spiro atoms. The second-order valence-electron chi connectivity index (χ2n) is 9.97. The van der Waals surface area contributed by atoms with E-state index in [2.05, 4.69) is 20.3 Å². The van der Waals surface area contributed by atoms with Gasteiger partial charge >= 0.3 is 0 Å². The maximum absolute atomic E-state index is 15.0. The fourth-order valence-corrected chi connectivity index (χ4v) is 5.44. The van der Waals surface area contributed by atoms with Gasteiger partial charge in [-0.15, -0.1) is 0 Å². The van der Waals surface area contributed by atoms with Gasteiger partial charge in [-0.25, -0.2) is 33.7 Å². The van der Waals surface area contributed by atoms with Crippen LogP contribution >= 0.6 is 11.6 Å². The van der Waals surface area contributed by atoms with Crippen LogP contribution in [-0.2, 0) is 12.1 Å². The van der Waals surface area contributed by atoms with Crippen LogP contribution in [0.1, 0.15) is 29.9 Å². The Labute approximate surface area is 239 Å². The van der Waals surface area contributed by atoms with Gasteiger partial charge in [0.2, 0.25) is 0 Å². The Morgan fingerprint density at radius 1 is 1.17 bits per heavy atom. The van der Waals surface area contributed by atoms with Crippen molar-refractivity contribution in [3.8, 4) is 17.0 Å². The van der Waals surface area contributed by atoms with E-state index in [4.69, 9.17) is 37.8 Å². The predicted octanol–water partition coefficient (Wildman–Crippen LogP) is 3.27. The van der Waals surface area contributed by atoms with Gasteiger partial charge in [0.25, 0.3) is 0 Å². The molecule has 1 atom stereocenters. The molecule has 1 saturated heterocycles. The van der Waals surface area contributed by atoms with Gasteiger partial charge in [0, 0.05) is 24.7 Å². The summed E-state index contributed by atoms with van der Waals surface area (Å²) in [7, 11) is 1.27. The summed E-state index contributed by atoms with van der Waals surface area (Å²) < 4.78 is 36.4. The average Bonchev–Trinajstić information content (AvgIpc) is 3.38. The van der Waals surface area contributed by atoms with Gasteiger partial charge in [0.05, 0.1) is 43.1 Å². The van der Waals surface area contributed by atoms with E-state index in [9.17, 15) is 4.39 Å². The van der Waals surface area contributed by atoms with E-state index < -0.39 is 17.2 Å². The fraction of sp³-hybridized carbons (Fsp3) is 0.296. The smallest absolute Gasteiger partial charge is 0.165 e. The molecule has 4 aromatic rings. The molecule has 1 fully saturated rings. The Morgan fingerprint density at radius 2 is 2.02 bits per heavy atom. The molecule has 2 aliphatic rings. The number of nitrogens with zero attached hydrogens (tertiary/aromatic N) is 7. The molecule has 212 valence electrons. The first-order chi connectivity index (χ1) is 19.8. The van der Waals surface area contributed by atoms with Gasteiger partial charge in [0.15, 0.2) is 17.4 Å². The number of anilines is 2. The summed E-state index contributed by atoms with van der Waals surface area (Å²) >= 11 is 6.17. The lowest BCUT2D eigenvalue weighted by Crippen LogP contribution is -2.53. The van der Waals surface area contributed by atoms with Crippen molar-refractivity contribution < 1.29 is 13.5 Å². The number of imidazole rings is 1. The number of rotatable bonds is 6. The zero-order valence-corrected chi connectivity index (χ0v) is 22.9. The predicted molar refractivity (Wildman–Crippen MR) is 151 cm³/mol. The first-order valence-corrected chi connectivity index (χ1v) is 13.3. The lowest BCUT2D eigenvalue weighted by atomic mass is 9.86. The van der Waals surface area contributed by atoms with E-state index in [1.54, 1.807) is 12.4 Å². The van der Waals surface area contributed by atoms with Crippen LogP contribution in [0.25, 0.3) is 11.3 Å². The van der Waals surface area contributed by atoms with Gasteiger partial charge < -0.3 is 31.0 Å². The minimum Gasteiger partial charge on any atom is -0.494 e. The van der Waals surface area contributed by atoms with Crippen molar-refractivity contribution in [3.63, 3.8) is 0 Å². The highest BCUT2D eigenvalue weighted by atomic mass is 35.5. The number of piperidine rings is 1. The summed E-state index contributed by atoms with van der Waals surface area (Å²) in [6.45, 7) is 1.56. The molecular formula is C27H27ClF2N10O. The van der Waals surface area contributed by atoms with Crippen molar-refractivity contribution in [2.24, 2.45) is 16.5 Å². The molecule has 41 heavy (non-hydrogen) atoms. The van der Waals surface area contributed by atoms with Gasteiger partial charge in [-0.05, 0) is 31.0 Å². The number of methoxy groups -OCH3 is 1. The second kappa shape index (κ2) is 10.6. The molecule has 0 bridgehead atoms. The quantitative estimate of drug-likeness (QED) is 0.292. The van der Waals surface area contributed by atoms with E-state index >= 15 is 4.39 Å². The number of nitrogens with one attached hydrogen (secondary N) is 1. The second-order valence-corrected chi connectivity index (χ2v) is 10.4. The van der Waals surface area contributed by atoms with Crippen LogP contribution in [0.5, 0.6) is 5.75 Å². The number of fused-ring (bicyclic) bond motifs is 1.